The summed E-state index contributed by atoms with van der Waals surface area (Å²) in [6, 6.07) is 23.8. The normalized spacial score (nSPS) is 12.5. The quantitative estimate of drug-likeness (QED) is 0.237. The van der Waals surface area contributed by atoms with E-state index in [1.54, 1.807) is 24.3 Å². The van der Waals surface area contributed by atoms with Gasteiger partial charge < -0.3 is 10.3 Å². The van der Waals surface area contributed by atoms with E-state index in [2.05, 4.69) is 0 Å². The van der Waals surface area contributed by atoms with Crippen molar-refractivity contribution in [2.45, 2.75) is 33.7 Å². The maximum atomic E-state index is 13.7. The number of sulfone groups is 1. The minimum atomic E-state index is -3.79. The Morgan fingerprint density at radius 2 is 1.58 bits per heavy atom. The Kier molecular flexibility index (Phi) is 7.55. The van der Waals surface area contributed by atoms with Crippen molar-refractivity contribution in [2.24, 2.45) is 5.73 Å². The van der Waals surface area contributed by atoms with E-state index < -0.39 is 9.84 Å². The first-order chi connectivity index (χ1) is 14.4. The number of thioether (sulfide) groups is 1. The minimum Gasteiger partial charge on any atom is -0.330 e. The molecule has 3 aromatic carbocycles. The van der Waals surface area contributed by atoms with Gasteiger partial charge in [0.25, 0.3) is 0 Å². The monoisotopic (exact) mass is 536 g/mol. The van der Waals surface area contributed by atoms with Crippen LogP contribution in [0.2, 0.25) is 5.02 Å². The van der Waals surface area contributed by atoms with Crippen LogP contribution in [0.25, 0.3) is 10.9 Å². The van der Waals surface area contributed by atoms with Crippen LogP contribution < -0.4 is 5.73 Å². The molecular weight excluding hydrogens is 516 g/mol. The average molecular weight is 538 g/mol. The number of nitrogens with zero attached hydrogens (tertiary/aromatic N) is 1. The number of halogens is 2. The number of rotatable bonds is 6. The fourth-order valence-electron chi connectivity index (χ4n) is 3.46. The van der Waals surface area contributed by atoms with Crippen molar-refractivity contribution in [2.75, 3.05) is 0 Å². The third-order valence-corrected chi connectivity index (χ3v) is 8.00. The molecule has 31 heavy (non-hydrogen) atoms. The Bertz CT molecular complexity index is 1290. The van der Waals surface area contributed by atoms with Crippen LogP contribution in [0, 0.1) is 0 Å². The van der Waals surface area contributed by atoms with Crippen molar-refractivity contribution in [3.63, 3.8) is 0 Å². The van der Waals surface area contributed by atoms with E-state index in [1.165, 1.54) is 11.8 Å². The lowest BCUT2D eigenvalue weighted by Gasteiger charge is -2.14. The summed E-state index contributed by atoms with van der Waals surface area (Å²) in [6.07, 6.45) is 0. The van der Waals surface area contributed by atoms with Gasteiger partial charge >= 0.3 is 0 Å². The molecule has 4 rings (SSSR count). The maximum absolute atomic E-state index is 13.7. The highest BCUT2D eigenvalue weighted by atomic mass is 79.9. The van der Waals surface area contributed by atoms with Gasteiger partial charge in [0, 0.05) is 17.0 Å². The molecule has 0 spiro atoms. The molecule has 0 saturated carbocycles. The fourth-order valence-corrected chi connectivity index (χ4v) is 6.45. The smallest absolute Gasteiger partial charge is 0.209 e. The zero-order chi connectivity index (χ0) is 21.3. The third-order valence-electron chi connectivity index (χ3n) is 4.75. The number of hydrogen-bond donors (Lipinski definition) is 1. The molecule has 0 aliphatic carbocycles. The Morgan fingerprint density at radius 3 is 2.23 bits per heavy atom. The molecule has 1 atom stereocenters. The number of benzene rings is 3. The van der Waals surface area contributed by atoms with E-state index >= 15 is 0 Å². The van der Waals surface area contributed by atoms with Crippen LogP contribution in [0.1, 0.15) is 12.5 Å². The van der Waals surface area contributed by atoms with Crippen molar-refractivity contribution >= 4 is 61.1 Å². The lowest BCUT2D eigenvalue weighted by Crippen LogP contribution is -2.13. The third kappa shape index (κ3) is 4.86. The van der Waals surface area contributed by atoms with Crippen molar-refractivity contribution in [3.8, 4) is 0 Å². The van der Waals surface area contributed by atoms with Gasteiger partial charge in [-0.05, 0) is 42.8 Å². The molecular formula is C23H22BrClN2O2S2. The summed E-state index contributed by atoms with van der Waals surface area (Å²) in [5.74, 6) is 0. The molecule has 0 bridgehead atoms. The molecule has 4 aromatic rings. The molecule has 0 aliphatic heterocycles. The number of fused-ring (bicyclic) bond motifs is 1. The van der Waals surface area contributed by atoms with Gasteiger partial charge in [-0.3, -0.25) is 0 Å². The van der Waals surface area contributed by atoms with Crippen LogP contribution in [-0.2, 0) is 16.4 Å². The predicted octanol–water partition coefficient (Wildman–Crippen LogP) is 6.15. The summed E-state index contributed by atoms with van der Waals surface area (Å²) in [5.41, 5.74) is 8.06. The van der Waals surface area contributed by atoms with Gasteiger partial charge in [0.05, 0.1) is 20.8 Å². The van der Waals surface area contributed by atoms with Crippen LogP contribution in [0.5, 0.6) is 0 Å². The molecule has 1 aromatic heterocycles. The van der Waals surface area contributed by atoms with Crippen molar-refractivity contribution in [1.82, 2.24) is 4.57 Å². The van der Waals surface area contributed by atoms with Gasteiger partial charge in [0.1, 0.15) is 4.90 Å². The number of para-hydroxylation sites is 1. The standard InChI is InChI=1S/C23H21ClN2O2S2.BrH/c1-16(25)29-23-22(30(27,28)19-13-11-18(24)12-14-19)20-9-5-6-10-21(20)26(23)15-17-7-3-2-4-8-17;/h2-14,16H,15,25H2,1H3;1H. The Morgan fingerprint density at radius 1 is 0.968 bits per heavy atom. The second-order valence-corrected chi connectivity index (χ2v) is 10.7. The summed E-state index contributed by atoms with van der Waals surface area (Å²) < 4.78 is 29.5. The van der Waals surface area contributed by atoms with Gasteiger partial charge in [-0.25, -0.2) is 8.42 Å². The first-order valence-corrected chi connectivity index (χ1v) is 12.2. The van der Waals surface area contributed by atoms with E-state index in [9.17, 15) is 8.42 Å². The van der Waals surface area contributed by atoms with Crippen molar-refractivity contribution in [1.29, 1.82) is 0 Å². The van der Waals surface area contributed by atoms with E-state index in [4.69, 9.17) is 17.3 Å². The molecule has 1 heterocycles. The number of aromatic nitrogens is 1. The SMILES string of the molecule is Br.CC(N)Sc1c(S(=O)(=O)c2ccc(Cl)cc2)c2ccccc2n1Cc1ccccc1. The van der Waals surface area contributed by atoms with Gasteiger partial charge in [0.15, 0.2) is 0 Å². The maximum Gasteiger partial charge on any atom is 0.209 e. The lowest BCUT2D eigenvalue weighted by molar-refractivity contribution is 0.592. The highest BCUT2D eigenvalue weighted by Gasteiger charge is 2.29. The highest BCUT2D eigenvalue weighted by Crippen LogP contribution is 2.40. The summed E-state index contributed by atoms with van der Waals surface area (Å²) in [4.78, 5) is 0.500. The van der Waals surface area contributed by atoms with Crippen LogP contribution in [-0.4, -0.2) is 18.4 Å². The summed E-state index contributed by atoms with van der Waals surface area (Å²) in [6.45, 7) is 2.40. The average Bonchev–Trinajstić information content (AvgIpc) is 3.02. The Labute approximate surface area is 202 Å². The second-order valence-electron chi connectivity index (χ2n) is 7.00. The van der Waals surface area contributed by atoms with Gasteiger partial charge in [0.2, 0.25) is 9.84 Å². The largest absolute Gasteiger partial charge is 0.330 e. The summed E-state index contributed by atoms with van der Waals surface area (Å²) in [5, 5.41) is 1.55. The topological polar surface area (TPSA) is 65.1 Å². The zero-order valence-corrected chi connectivity index (χ0v) is 20.8. The molecule has 162 valence electrons. The van der Waals surface area contributed by atoms with Crippen LogP contribution in [0.4, 0.5) is 0 Å². The molecule has 8 heteroatoms. The molecule has 0 fully saturated rings. The fraction of sp³-hybridized carbons (Fsp3) is 0.130. The van der Waals surface area contributed by atoms with Crippen molar-refractivity contribution in [3.05, 3.63) is 89.4 Å². The zero-order valence-electron chi connectivity index (χ0n) is 16.7. The molecule has 4 nitrogen and oxygen atoms in total. The van der Waals surface area contributed by atoms with Crippen LogP contribution >= 0.6 is 40.3 Å². The molecule has 0 amide bonds. The van der Waals surface area contributed by atoms with E-state index in [-0.39, 0.29) is 27.3 Å². The molecule has 0 radical (unpaired) electrons. The Hall–Kier alpha value is -1.77. The first-order valence-electron chi connectivity index (χ1n) is 9.46. The van der Waals surface area contributed by atoms with E-state index in [1.807, 2.05) is 66.1 Å². The van der Waals surface area contributed by atoms with Crippen LogP contribution in [0.15, 0.2) is 93.7 Å². The van der Waals surface area contributed by atoms with Crippen molar-refractivity contribution < 1.29 is 8.42 Å². The molecule has 2 N–H and O–H groups in total. The van der Waals surface area contributed by atoms with E-state index in [0.29, 0.717) is 26.9 Å². The Balaban J connectivity index is 0.00000272. The second kappa shape index (κ2) is 9.79. The number of hydrogen-bond acceptors (Lipinski definition) is 4. The van der Waals surface area contributed by atoms with Gasteiger partial charge in [-0.1, -0.05) is 71.9 Å². The van der Waals surface area contributed by atoms with Gasteiger partial charge in [-0.2, -0.15) is 0 Å². The van der Waals surface area contributed by atoms with Crippen LogP contribution in [0.3, 0.4) is 0 Å². The summed E-state index contributed by atoms with van der Waals surface area (Å²) >= 11 is 7.33. The molecule has 0 saturated heterocycles. The molecule has 1 unspecified atom stereocenters. The minimum absolute atomic E-state index is 0. The van der Waals surface area contributed by atoms with Gasteiger partial charge in [-0.15, -0.1) is 17.0 Å². The lowest BCUT2D eigenvalue weighted by atomic mass is 10.2. The predicted molar refractivity (Wildman–Crippen MR) is 134 cm³/mol. The highest BCUT2D eigenvalue weighted by molar-refractivity contribution is 8.93. The molecule has 0 aliphatic rings. The van der Waals surface area contributed by atoms with E-state index in [0.717, 1.165) is 11.1 Å². The summed E-state index contributed by atoms with van der Waals surface area (Å²) in [7, 11) is -3.79. The first kappa shape index (κ1) is 23.9. The number of nitrogens with two attached hydrogens (primary N) is 1.